The molecule has 0 fully saturated rings. The first-order valence-corrected chi connectivity index (χ1v) is 5.70. The molecule has 0 spiro atoms. The molecule has 1 heterocycles. The van der Waals surface area contributed by atoms with Gasteiger partial charge in [-0.1, -0.05) is 23.8 Å². The van der Waals surface area contributed by atoms with Crippen LogP contribution in [0.15, 0.2) is 24.3 Å². The summed E-state index contributed by atoms with van der Waals surface area (Å²) in [6, 6.07) is 7.95. The van der Waals surface area contributed by atoms with Gasteiger partial charge in [0.15, 0.2) is 0 Å². The van der Waals surface area contributed by atoms with Gasteiger partial charge in [-0.2, -0.15) is 0 Å². The molecule has 0 radical (unpaired) electrons. The number of hydrogen-bond acceptors (Lipinski definition) is 3. The highest BCUT2D eigenvalue weighted by Crippen LogP contribution is 2.22. The lowest BCUT2D eigenvalue weighted by Crippen LogP contribution is -2.16. The predicted octanol–water partition coefficient (Wildman–Crippen LogP) is 2.17. The van der Waals surface area contributed by atoms with Crippen molar-refractivity contribution >= 4 is 5.91 Å². The van der Waals surface area contributed by atoms with Crippen molar-refractivity contribution < 1.29 is 4.79 Å². The highest BCUT2D eigenvalue weighted by atomic mass is 16.1. The first kappa shape index (κ1) is 12.2. The summed E-state index contributed by atoms with van der Waals surface area (Å²) in [5.74, 6) is -0.547. The summed E-state index contributed by atoms with van der Waals surface area (Å²) in [7, 11) is 0. The Morgan fingerprint density at radius 1 is 1.11 bits per heavy atom. The number of carbonyl (C=O) groups excluding carboxylic acids is 1. The van der Waals surface area contributed by atoms with Crippen LogP contribution in [0.25, 0.3) is 11.3 Å². The molecule has 2 N–H and O–H groups in total. The third-order valence-corrected chi connectivity index (χ3v) is 2.73. The Morgan fingerprint density at radius 2 is 1.83 bits per heavy atom. The van der Waals surface area contributed by atoms with Crippen LogP contribution in [0.2, 0.25) is 0 Å². The first-order chi connectivity index (χ1) is 8.47. The van der Waals surface area contributed by atoms with Gasteiger partial charge >= 0.3 is 0 Å². The van der Waals surface area contributed by atoms with Gasteiger partial charge in [0.05, 0.1) is 5.69 Å². The number of benzene rings is 1. The molecule has 0 unspecified atom stereocenters. The SMILES string of the molecule is Cc1ccc(-c2cc(C)nc(C(N)=O)n2)c(C)c1. The van der Waals surface area contributed by atoms with E-state index in [1.807, 2.05) is 39.0 Å². The minimum atomic E-state index is -0.607. The molecule has 0 aliphatic carbocycles. The van der Waals surface area contributed by atoms with E-state index >= 15 is 0 Å². The van der Waals surface area contributed by atoms with E-state index in [0.29, 0.717) is 0 Å². The number of carbonyl (C=O) groups is 1. The average Bonchev–Trinajstić information content (AvgIpc) is 2.27. The van der Waals surface area contributed by atoms with Gasteiger partial charge in [-0.3, -0.25) is 4.79 Å². The summed E-state index contributed by atoms with van der Waals surface area (Å²) >= 11 is 0. The average molecular weight is 241 g/mol. The number of aryl methyl sites for hydroxylation is 3. The topological polar surface area (TPSA) is 68.9 Å². The number of amides is 1. The van der Waals surface area contributed by atoms with Crippen molar-refractivity contribution in [1.82, 2.24) is 9.97 Å². The highest BCUT2D eigenvalue weighted by Gasteiger charge is 2.10. The Balaban J connectivity index is 2.60. The third kappa shape index (κ3) is 2.37. The van der Waals surface area contributed by atoms with E-state index < -0.39 is 5.91 Å². The normalized spacial score (nSPS) is 10.4. The van der Waals surface area contributed by atoms with Crippen molar-refractivity contribution in [2.24, 2.45) is 5.73 Å². The molecule has 0 aliphatic heterocycles. The molecule has 1 aromatic heterocycles. The molecule has 0 aliphatic rings. The summed E-state index contributed by atoms with van der Waals surface area (Å²) in [5, 5.41) is 0. The highest BCUT2D eigenvalue weighted by molar-refractivity contribution is 5.89. The summed E-state index contributed by atoms with van der Waals surface area (Å²) < 4.78 is 0. The molecule has 4 nitrogen and oxygen atoms in total. The second-order valence-electron chi connectivity index (χ2n) is 4.40. The van der Waals surface area contributed by atoms with Crippen LogP contribution in [0, 0.1) is 20.8 Å². The van der Waals surface area contributed by atoms with Crippen LogP contribution in [0.5, 0.6) is 0 Å². The van der Waals surface area contributed by atoms with Gasteiger partial charge in [0.2, 0.25) is 5.82 Å². The lowest BCUT2D eigenvalue weighted by Gasteiger charge is -2.08. The summed E-state index contributed by atoms with van der Waals surface area (Å²) in [4.78, 5) is 19.4. The predicted molar refractivity (Wildman–Crippen MR) is 70.2 cm³/mol. The zero-order valence-electron chi connectivity index (χ0n) is 10.7. The van der Waals surface area contributed by atoms with Crippen molar-refractivity contribution in [3.8, 4) is 11.3 Å². The van der Waals surface area contributed by atoms with E-state index in [4.69, 9.17) is 5.73 Å². The van der Waals surface area contributed by atoms with Gasteiger partial charge < -0.3 is 5.73 Å². The fraction of sp³-hybridized carbons (Fsp3) is 0.214. The summed E-state index contributed by atoms with van der Waals surface area (Å²) in [6.07, 6.45) is 0. The Kier molecular flexibility index (Phi) is 3.10. The summed E-state index contributed by atoms with van der Waals surface area (Å²) in [6.45, 7) is 5.88. The van der Waals surface area contributed by atoms with E-state index in [0.717, 1.165) is 22.5 Å². The van der Waals surface area contributed by atoms with Gasteiger partial charge in [0.25, 0.3) is 5.91 Å². The van der Waals surface area contributed by atoms with Crippen LogP contribution >= 0.6 is 0 Å². The number of rotatable bonds is 2. The van der Waals surface area contributed by atoms with Crippen molar-refractivity contribution in [1.29, 1.82) is 0 Å². The molecular weight excluding hydrogens is 226 g/mol. The molecule has 1 aromatic carbocycles. The molecule has 4 heteroatoms. The third-order valence-electron chi connectivity index (χ3n) is 2.73. The Morgan fingerprint density at radius 3 is 2.44 bits per heavy atom. The summed E-state index contributed by atoms with van der Waals surface area (Å²) in [5.41, 5.74) is 9.99. The van der Waals surface area contributed by atoms with Gasteiger partial charge in [-0.15, -0.1) is 0 Å². The fourth-order valence-electron chi connectivity index (χ4n) is 1.92. The van der Waals surface area contributed by atoms with E-state index in [-0.39, 0.29) is 5.82 Å². The van der Waals surface area contributed by atoms with Crippen LogP contribution in [0.4, 0.5) is 0 Å². The Bertz CT molecular complexity index is 620. The molecule has 18 heavy (non-hydrogen) atoms. The minimum absolute atomic E-state index is 0.0602. The molecule has 92 valence electrons. The van der Waals surface area contributed by atoms with Crippen LogP contribution in [0.1, 0.15) is 27.4 Å². The molecule has 1 amide bonds. The lowest BCUT2D eigenvalue weighted by atomic mass is 10.0. The standard InChI is InChI=1S/C14H15N3O/c1-8-4-5-11(9(2)6-8)12-7-10(3)16-14(17-12)13(15)18/h4-7H,1-3H3,(H2,15,18). The van der Waals surface area contributed by atoms with Crippen molar-refractivity contribution in [2.75, 3.05) is 0 Å². The van der Waals surface area contributed by atoms with Crippen LogP contribution in [-0.4, -0.2) is 15.9 Å². The number of aromatic nitrogens is 2. The Labute approximate surface area is 106 Å². The molecule has 0 bridgehead atoms. The van der Waals surface area contributed by atoms with Gasteiger partial charge in [0.1, 0.15) is 0 Å². The molecular formula is C14H15N3O. The smallest absolute Gasteiger partial charge is 0.286 e. The van der Waals surface area contributed by atoms with E-state index in [2.05, 4.69) is 16.0 Å². The minimum Gasteiger partial charge on any atom is -0.363 e. The molecule has 0 atom stereocenters. The number of nitrogens with two attached hydrogens (primary N) is 1. The van der Waals surface area contributed by atoms with E-state index in [1.54, 1.807) is 0 Å². The lowest BCUT2D eigenvalue weighted by molar-refractivity contribution is 0.0990. The van der Waals surface area contributed by atoms with Gasteiger partial charge in [-0.25, -0.2) is 9.97 Å². The number of nitrogens with zero attached hydrogens (tertiary/aromatic N) is 2. The van der Waals surface area contributed by atoms with Gasteiger partial charge in [-0.05, 0) is 32.4 Å². The molecule has 2 aromatic rings. The van der Waals surface area contributed by atoms with Crippen molar-refractivity contribution in [2.45, 2.75) is 20.8 Å². The fourth-order valence-corrected chi connectivity index (χ4v) is 1.92. The maximum atomic E-state index is 11.2. The number of primary amides is 1. The molecule has 0 saturated carbocycles. The zero-order valence-corrected chi connectivity index (χ0v) is 10.7. The maximum Gasteiger partial charge on any atom is 0.286 e. The quantitative estimate of drug-likeness (QED) is 0.876. The van der Waals surface area contributed by atoms with E-state index in [9.17, 15) is 4.79 Å². The van der Waals surface area contributed by atoms with Crippen LogP contribution in [0.3, 0.4) is 0 Å². The second-order valence-corrected chi connectivity index (χ2v) is 4.40. The van der Waals surface area contributed by atoms with Crippen molar-refractivity contribution in [3.05, 3.63) is 46.9 Å². The molecule has 2 rings (SSSR count). The largest absolute Gasteiger partial charge is 0.363 e. The molecule has 0 saturated heterocycles. The van der Waals surface area contributed by atoms with Gasteiger partial charge in [0, 0.05) is 11.3 Å². The maximum absolute atomic E-state index is 11.2. The van der Waals surface area contributed by atoms with E-state index in [1.165, 1.54) is 5.56 Å². The van der Waals surface area contributed by atoms with Crippen molar-refractivity contribution in [3.63, 3.8) is 0 Å². The van der Waals surface area contributed by atoms with Crippen LogP contribution < -0.4 is 5.73 Å². The number of hydrogen-bond donors (Lipinski definition) is 1. The second kappa shape index (κ2) is 4.56. The first-order valence-electron chi connectivity index (χ1n) is 5.70. The monoisotopic (exact) mass is 241 g/mol. The zero-order chi connectivity index (χ0) is 13.3. The van der Waals surface area contributed by atoms with Crippen LogP contribution in [-0.2, 0) is 0 Å². The Hall–Kier alpha value is -2.23.